The van der Waals surface area contributed by atoms with Crippen molar-refractivity contribution in [3.05, 3.63) is 35.4 Å². The fourth-order valence-corrected chi connectivity index (χ4v) is 2.65. The minimum absolute atomic E-state index is 0.110. The zero-order valence-electron chi connectivity index (χ0n) is 11.6. The summed E-state index contributed by atoms with van der Waals surface area (Å²) in [6, 6.07) is 8.85. The molecule has 1 saturated heterocycles. The van der Waals surface area contributed by atoms with Crippen molar-refractivity contribution in [2.24, 2.45) is 0 Å². The lowest BCUT2D eigenvalue weighted by Gasteiger charge is -2.21. The number of methoxy groups -OCH3 is 2. The molecule has 0 spiro atoms. The van der Waals surface area contributed by atoms with Gasteiger partial charge in [0.2, 0.25) is 0 Å². The molecule has 1 unspecified atom stereocenters. The highest BCUT2D eigenvalue weighted by Crippen LogP contribution is 2.27. The Labute approximate surface area is 110 Å². The molecule has 3 nitrogen and oxygen atoms in total. The normalized spacial score (nSPS) is 20.8. The van der Waals surface area contributed by atoms with Crippen molar-refractivity contribution in [1.82, 2.24) is 4.90 Å². The monoisotopic (exact) mass is 249 g/mol. The minimum Gasteiger partial charge on any atom is -0.355 e. The minimum atomic E-state index is -0.110. The van der Waals surface area contributed by atoms with Gasteiger partial charge in [0.05, 0.1) is 0 Å². The van der Waals surface area contributed by atoms with Crippen LogP contribution in [0.1, 0.15) is 23.5 Å². The van der Waals surface area contributed by atoms with E-state index in [4.69, 9.17) is 9.47 Å². The van der Waals surface area contributed by atoms with E-state index >= 15 is 0 Å². The first-order chi connectivity index (χ1) is 8.72. The third kappa shape index (κ3) is 3.31. The van der Waals surface area contributed by atoms with Crippen LogP contribution in [0.2, 0.25) is 0 Å². The highest BCUT2D eigenvalue weighted by molar-refractivity contribution is 5.26. The number of rotatable bonds is 5. The Kier molecular flexibility index (Phi) is 4.75. The summed E-state index contributed by atoms with van der Waals surface area (Å²) < 4.78 is 10.5. The zero-order valence-corrected chi connectivity index (χ0v) is 11.6. The summed E-state index contributed by atoms with van der Waals surface area (Å²) in [6.45, 7) is 5.24. The third-order valence-corrected chi connectivity index (χ3v) is 3.72. The molecule has 1 atom stereocenters. The molecular weight excluding hydrogens is 226 g/mol. The molecule has 1 aliphatic heterocycles. The molecule has 1 aromatic carbocycles. The van der Waals surface area contributed by atoms with Crippen LogP contribution in [0.5, 0.6) is 0 Å². The van der Waals surface area contributed by atoms with Crippen LogP contribution in [0, 0.1) is 6.92 Å². The fraction of sp³-hybridized carbons (Fsp3) is 0.600. The van der Waals surface area contributed by atoms with Crippen molar-refractivity contribution >= 4 is 0 Å². The standard InChI is InChI=1S/C15H23NO2/c1-12-5-4-6-13(9-12)14-7-8-16(10-14)11-15(17-2)18-3/h4-6,9,14-15H,7-8,10-11H2,1-3H3. The molecule has 1 fully saturated rings. The lowest BCUT2D eigenvalue weighted by Crippen LogP contribution is -2.32. The molecule has 0 amide bonds. The van der Waals surface area contributed by atoms with Crippen molar-refractivity contribution in [3.8, 4) is 0 Å². The summed E-state index contributed by atoms with van der Waals surface area (Å²) in [5.41, 5.74) is 2.81. The van der Waals surface area contributed by atoms with Gasteiger partial charge in [-0.1, -0.05) is 29.8 Å². The van der Waals surface area contributed by atoms with Crippen LogP contribution in [0.4, 0.5) is 0 Å². The van der Waals surface area contributed by atoms with E-state index in [9.17, 15) is 0 Å². The van der Waals surface area contributed by atoms with Gasteiger partial charge in [-0.05, 0) is 31.4 Å². The molecule has 2 rings (SSSR count). The molecule has 0 radical (unpaired) electrons. The number of hydrogen-bond donors (Lipinski definition) is 0. The number of benzene rings is 1. The predicted molar refractivity (Wildman–Crippen MR) is 72.8 cm³/mol. The highest BCUT2D eigenvalue weighted by Gasteiger charge is 2.25. The van der Waals surface area contributed by atoms with Crippen molar-refractivity contribution < 1.29 is 9.47 Å². The summed E-state index contributed by atoms with van der Waals surface area (Å²) in [5.74, 6) is 0.652. The van der Waals surface area contributed by atoms with Crippen LogP contribution in [-0.2, 0) is 9.47 Å². The Hall–Kier alpha value is -0.900. The molecule has 0 aliphatic carbocycles. The van der Waals surface area contributed by atoms with Gasteiger partial charge in [0.1, 0.15) is 0 Å². The molecule has 0 aromatic heterocycles. The second-order valence-electron chi connectivity index (χ2n) is 5.06. The Morgan fingerprint density at radius 1 is 1.33 bits per heavy atom. The van der Waals surface area contributed by atoms with Crippen molar-refractivity contribution in [3.63, 3.8) is 0 Å². The maximum absolute atomic E-state index is 5.26. The van der Waals surface area contributed by atoms with E-state index in [2.05, 4.69) is 36.1 Å². The second-order valence-corrected chi connectivity index (χ2v) is 5.06. The highest BCUT2D eigenvalue weighted by atomic mass is 16.7. The predicted octanol–water partition coefficient (Wildman–Crippen LogP) is 2.40. The van der Waals surface area contributed by atoms with Gasteiger partial charge in [-0.3, -0.25) is 4.90 Å². The molecule has 1 aliphatic rings. The molecule has 3 heteroatoms. The van der Waals surface area contributed by atoms with Crippen LogP contribution in [0.25, 0.3) is 0 Å². The van der Waals surface area contributed by atoms with Gasteiger partial charge in [-0.25, -0.2) is 0 Å². The molecule has 0 N–H and O–H groups in total. The zero-order chi connectivity index (χ0) is 13.0. The SMILES string of the molecule is COC(CN1CCC(c2cccc(C)c2)C1)OC. The van der Waals surface area contributed by atoms with Gasteiger partial charge in [0.25, 0.3) is 0 Å². The average molecular weight is 249 g/mol. The van der Waals surface area contributed by atoms with E-state index in [0.29, 0.717) is 5.92 Å². The fourth-order valence-electron chi connectivity index (χ4n) is 2.65. The molecular formula is C15H23NO2. The first-order valence-electron chi connectivity index (χ1n) is 6.57. The van der Waals surface area contributed by atoms with Crippen molar-refractivity contribution in [2.75, 3.05) is 33.9 Å². The Morgan fingerprint density at radius 2 is 2.11 bits per heavy atom. The first kappa shape index (κ1) is 13.5. The lowest BCUT2D eigenvalue weighted by atomic mass is 9.97. The Morgan fingerprint density at radius 3 is 2.78 bits per heavy atom. The summed E-state index contributed by atoms with van der Waals surface area (Å²) >= 11 is 0. The number of likely N-dealkylation sites (tertiary alicyclic amines) is 1. The Balaban J connectivity index is 1.92. The summed E-state index contributed by atoms with van der Waals surface area (Å²) in [7, 11) is 3.39. The van der Waals surface area contributed by atoms with Crippen LogP contribution in [0.15, 0.2) is 24.3 Å². The van der Waals surface area contributed by atoms with E-state index in [1.807, 2.05) is 0 Å². The van der Waals surface area contributed by atoms with Gasteiger partial charge in [0, 0.05) is 27.3 Å². The van der Waals surface area contributed by atoms with Gasteiger partial charge in [-0.15, -0.1) is 0 Å². The summed E-state index contributed by atoms with van der Waals surface area (Å²) in [6.07, 6.45) is 1.12. The second kappa shape index (κ2) is 6.32. The Bertz CT molecular complexity index is 377. The quantitative estimate of drug-likeness (QED) is 0.748. The van der Waals surface area contributed by atoms with Gasteiger partial charge >= 0.3 is 0 Å². The molecule has 0 bridgehead atoms. The van der Waals surface area contributed by atoms with Crippen LogP contribution in [0.3, 0.4) is 0 Å². The largest absolute Gasteiger partial charge is 0.355 e. The smallest absolute Gasteiger partial charge is 0.169 e. The van der Waals surface area contributed by atoms with Crippen molar-refractivity contribution in [2.45, 2.75) is 25.6 Å². The average Bonchev–Trinajstić information content (AvgIpc) is 2.84. The van der Waals surface area contributed by atoms with E-state index in [1.54, 1.807) is 14.2 Å². The summed E-state index contributed by atoms with van der Waals surface area (Å²) in [5, 5.41) is 0. The number of hydrogen-bond acceptors (Lipinski definition) is 3. The number of ether oxygens (including phenoxy) is 2. The number of nitrogens with zero attached hydrogens (tertiary/aromatic N) is 1. The maximum Gasteiger partial charge on any atom is 0.169 e. The molecule has 0 saturated carbocycles. The molecule has 100 valence electrons. The van der Waals surface area contributed by atoms with E-state index in [-0.39, 0.29) is 6.29 Å². The van der Waals surface area contributed by atoms with E-state index < -0.39 is 0 Å². The topological polar surface area (TPSA) is 21.7 Å². The first-order valence-corrected chi connectivity index (χ1v) is 6.57. The van der Waals surface area contributed by atoms with Crippen LogP contribution < -0.4 is 0 Å². The molecule has 1 aromatic rings. The van der Waals surface area contributed by atoms with Crippen LogP contribution in [-0.4, -0.2) is 45.0 Å². The van der Waals surface area contributed by atoms with Gasteiger partial charge in [0.15, 0.2) is 6.29 Å². The maximum atomic E-state index is 5.26. The van der Waals surface area contributed by atoms with E-state index in [0.717, 1.165) is 19.6 Å². The number of aryl methyl sites for hydroxylation is 1. The van der Waals surface area contributed by atoms with Gasteiger partial charge < -0.3 is 9.47 Å². The molecule has 18 heavy (non-hydrogen) atoms. The third-order valence-electron chi connectivity index (χ3n) is 3.72. The van der Waals surface area contributed by atoms with Crippen LogP contribution >= 0.6 is 0 Å². The van der Waals surface area contributed by atoms with E-state index in [1.165, 1.54) is 17.5 Å². The molecule has 1 heterocycles. The summed E-state index contributed by atoms with van der Waals surface area (Å²) in [4.78, 5) is 2.42. The lowest BCUT2D eigenvalue weighted by molar-refractivity contribution is -0.114. The van der Waals surface area contributed by atoms with Crippen molar-refractivity contribution in [1.29, 1.82) is 0 Å². The van der Waals surface area contributed by atoms with Gasteiger partial charge in [-0.2, -0.15) is 0 Å².